The van der Waals surface area contributed by atoms with Crippen LogP contribution in [0.1, 0.15) is 24.3 Å². The minimum absolute atomic E-state index is 0.00974. The lowest BCUT2D eigenvalue weighted by Gasteiger charge is -2.24. The second-order valence-corrected chi connectivity index (χ2v) is 3.78. The van der Waals surface area contributed by atoms with E-state index in [1.807, 2.05) is 0 Å². The zero-order valence-corrected chi connectivity index (χ0v) is 7.94. The average molecular weight is 217 g/mol. The molecule has 0 N–H and O–H groups in total. The third-order valence-electron chi connectivity index (χ3n) is 2.46. The van der Waals surface area contributed by atoms with Crippen molar-refractivity contribution in [2.45, 2.75) is 18.8 Å². The van der Waals surface area contributed by atoms with Gasteiger partial charge in [-0.05, 0) is 18.6 Å². The van der Waals surface area contributed by atoms with E-state index in [0.717, 1.165) is 12.1 Å². The van der Waals surface area contributed by atoms with Gasteiger partial charge in [0.1, 0.15) is 17.4 Å². The summed E-state index contributed by atoms with van der Waals surface area (Å²) in [5.74, 6) is -2.17. The molecule has 1 aromatic rings. The van der Waals surface area contributed by atoms with Gasteiger partial charge in [-0.15, -0.1) is 0 Å². The van der Waals surface area contributed by atoms with Crippen molar-refractivity contribution < 1.29 is 13.6 Å². The number of ketones is 1. The number of halogens is 3. The van der Waals surface area contributed by atoms with E-state index in [9.17, 15) is 13.6 Å². The van der Waals surface area contributed by atoms with Crippen molar-refractivity contribution in [1.82, 2.24) is 0 Å². The highest BCUT2D eigenvalue weighted by atomic mass is 35.5. The Balaban J connectivity index is 2.47. The fraction of sp³-hybridized carbons (Fsp3) is 0.300. The molecule has 0 heterocycles. The van der Waals surface area contributed by atoms with Crippen LogP contribution in [0.4, 0.5) is 8.78 Å². The van der Waals surface area contributed by atoms with Gasteiger partial charge in [0.2, 0.25) is 0 Å². The molecule has 1 nitrogen and oxygen atoms in total. The SMILES string of the molecule is O=C1CCC1c1c(F)cc(Cl)cc1F. The van der Waals surface area contributed by atoms with Crippen molar-refractivity contribution in [3.05, 3.63) is 34.4 Å². The zero-order valence-electron chi connectivity index (χ0n) is 7.19. The van der Waals surface area contributed by atoms with E-state index in [-0.39, 0.29) is 16.4 Å². The molecule has 14 heavy (non-hydrogen) atoms. The molecule has 4 heteroatoms. The molecule has 1 aliphatic rings. The Morgan fingerprint density at radius 2 is 1.86 bits per heavy atom. The van der Waals surface area contributed by atoms with E-state index in [1.54, 1.807) is 0 Å². The van der Waals surface area contributed by atoms with Crippen LogP contribution in [0, 0.1) is 11.6 Å². The standard InChI is InChI=1S/C10H7ClF2O/c11-5-3-7(12)10(8(13)4-5)6-1-2-9(6)14/h3-4,6H,1-2H2. The van der Waals surface area contributed by atoms with Gasteiger partial charge in [0.15, 0.2) is 0 Å². The van der Waals surface area contributed by atoms with Gasteiger partial charge in [0.05, 0.1) is 0 Å². The summed E-state index contributed by atoms with van der Waals surface area (Å²) >= 11 is 5.46. The molecule has 2 rings (SSSR count). The fourth-order valence-corrected chi connectivity index (χ4v) is 1.79. The smallest absolute Gasteiger partial charge is 0.140 e. The van der Waals surface area contributed by atoms with E-state index < -0.39 is 17.6 Å². The van der Waals surface area contributed by atoms with Crippen LogP contribution in [0.15, 0.2) is 12.1 Å². The third-order valence-corrected chi connectivity index (χ3v) is 2.68. The van der Waals surface area contributed by atoms with Crippen molar-refractivity contribution in [2.75, 3.05) is 0 Å². The number of hydrogen-bond acceptors (Lipinski definition) is 1. The van der Waals surface area contributed by atoms with Crippen LogP contribution < -0.4 is 0 Å². The summed E-state index contributed by atoms with van der Waals surface area (Å²) < 4.78 is 26.6. The Hall–Kier alpha value is -0.960. The van der Waals surface area contributed by atoms with E-state index in [0.29, 0.717) is 12.8 Å². The summed E-state index contributed by atoms with van der Waals surface area (Å²) in [6.45, 7) is 0. The van der Waals surface area contributed by atoms with Gasteiger partial charge in [-0.2, -0.15) is 0 Å². The van der Waals surface area contributed by atoms with Crippen molar-refractivity contribution >= 4 is 17.4 Å². The minimum atomic E-state index is -0.729. The Morgan fingerprint density at radius 1 is 1.29 bits per heavy atom. The number of Topliss-reactive ketones (excluding diaryl/α,β-unsaturated/α-hetero) is 1. The molecule has 1 saturated carbocycles. The van der Waals surface area contributed by atoms with Crippen LogP contribution >= 0.6 is 11.6 Å². The molecular weight excluding hydrogens is 210 g/mol. The molecule has 1 unspecified atom stereocenters. The number of benzene rings is 1. The number of rotatable bonds is 1. The summed E-state index contributed by atoms with van der Waals surface area (Å²) in [4.78, 5) is 11.1. The lowest BCUT2D eigenvalue weighted by atomic mass is 9.78. The lowest BCUT2D eigenvalue weighted by Crippen LogP contribution is -2.25. The van der Waals surface area contributed by atoms with Gasteiger partial charge in [-0.1, -0.05) is 11.6 Å². The highest BCUT2D eigenvalue weighted by Crippen LogP contribution is 2.36. The minimum Gasteiger partial charge on any atom is -0.299 e. The first-order chi connectivity index (χ1) is 6.59. The first-order valence-electron chi connectivity index (χ1n) is 4.26. The van der Waals surface area contributed by atoms with Crippen molar-refractivity contribution in [1.29, 1.82) is 0 Å². The summed E-state index contributed by atoms with van der Waals surface area (Å²) in [6, 6.07) is 2.07. The summed E-state index contributed by atoms with van der Waals surface area (Å²) in [6.07, 6.45) is 0.931. The largest absolute Gasteiger partial charge is 0.299 e. The van der Waals surface area contributed by atoms with Gasteiger partial charge in [0.25, 0.3) is 0 Å². The number of carbonyl (C=O) groups excluding carboxylic acids is 1. The molecule has 0 aromatic heterocycles. The van der Waals surface area contributed by atoms with E-state index >= 15 is 0 Å². The predicted octanol–water partition coefficient (Wildman–Crippen LogP) is 3.06. The second kappa shape index (κ2) is 3.31. The van der Waals surface area contributed by atoms with Gasteiger partial charge in [-0.3, -0.25) is 4.79 Å². The third kappa shape index (κ3) is 1.42. The maximum atomic E-state index is 13.3. The van der Waals surface area contributed by atoms with Crippen LogP contribution in [-0.2, 0) is 4.79 Å². The monoisotopic (exact) mass is 216 g/mol. The Morgan fingerprint density at radius 3 is 2.21 bits per heavy atom. The van der Waals surface area contributed by atoms with Crippen molar-refractivity contribution in [3.8, 4) is 0 Å². The Bertz CT molecular complexity index is 380. The molecule has 1 atom stereocenters. The van der Waals surface area contributed by atoms with Crippen molar-refractivity contribution in [3.63, 3.8) is 0 Å². The molecule has 0 saturated heterocycles. The van der Waals surface area contributed by atoms with Crippen LogP contribution in [-0.4, -0.2) is 5.78 Å². The highest BCUT2D eigenvalue weighted by molar-refractivity contribution is 6.30. The maximum absolute atomic E-state index is 13.3. The van der Waals surface area contributed by atoms with Crippen LogP contribution in [0.5, 0.6) is 0 Å². The van der Waals surface area contributed by atoms with Crippen LogP contribution in [0.2, 0.25) is 5.02 Å². The number of carbonyl (C=O) groups is 1. The van der Waals surface area contributed by atoms with E-state index in [4.69, 9.17) is 11.6 Å². The zero-order chi connectivity index (χ0) is 10.3. The first-order valence-corrected chi connectivity index (χ1v) is 4.64. The second-order valence-electron chi connectivity index (χ2n) is 3.34. The summed E-state index contributed by atoms with van der Waals surface area (Å²) in [7, 11) is 0. The molecule has 0 spiro atoms. The molecule has 1 aliphatic carbocycles. The van der Waals surface area contributed by atoms with E-state index in [2.05, 4.69) is 0 Å². The molecular formula is C10H7ClF2O. The predicted molar refractivity (Wildman–Crippen MR) is 48.4 cm³/mol. The highest BCUT2D eigenvalue weighted by Gasteiger charge is 2.34. The average Bonchev–Trinajstić information content (AvgIpc) is 2.08. The maximum Gasteiger partial charge on any atom is 0.140 e. The lowest BCUT2D eigenvalue weighted by molar-refractivity contribution is -0.125. The Kier molecular flexibility index (Phi) is 2.27. The van der Waals surface area contributed by atoms with Gasteiger partial charge in [0, 0.05) is 22.9 Å². The topological polar surface area (TPSA) is 17.1 Å². The van der Waals surface area contributed by atoms with Crippen LogP contribution in [0.25, 0.3) is 0 Å². The Labute approximate surface area is 84.7 Å². The fourth-order valence-electron chi connectivity index (χ4n) is 1.60. The van der Waals surface area contributed by atoms with E-state index in [1.165, 1.54) is 0 Å². The molecule has 74 valence electrons. The van der Waals surface area contributed by atoms with Gasteiger partial charge in [-0.25, -0.2) is 8.78 Å². The molecule has 1 aromatic carbocycles. The van der Waals surface area contributed by atoms with Gasteiger partial charge < -0.3 is 0 Å². The van der Waals surface area contributed by atoms with Crippen molar-refractivity contribution in [2.24, 2.45) is 0 Å². The molecule has 1 fully saturated rings. The quantitative estimate of drug-likeness (QED) is 0.705. The summed E-state index contributed by atoms with van der Waals surface area (Å²) in [5, 5.41) is 0.00974. The molecule has 0 amide bonds. The summed E-state index contributed by atoms with van der Waals surface area (Å²) in [5.41, 5.74) is -0.134. The van der Waals surface area contributed by atoms with Gasteiger partial charge >= 0.3 is 0 Å². The normalized spacial score (nSPS) is 20.8. The molecule has 0 radical (unpaired) electrons. The molecule has 0 bridgehead atoms. The molecule has 0 aliphatic heterocycles. The van der Waals surface area contributed by atoms with Crippen LogP contribution in [0.3, 0.4) is 0 Å². The number of hydrogen-bond donors (Lipinski definition) is 0. The first kappa shape index (κ1) is 9.59.